The lowest BCUT2D eigenvalue weighted by Gasteiger charge is -2.10. The van der Waals surface area contributed by atoms with Gasteiger partial charge in [-0.15, -0.1) is 0 Å². The van der Waals surface area contributed by atoms with Gasteiger partial charge < -0.3 is 9.84 Å². The van der Waals surface area contributed by atoms with Crippen LogP contribution in [0.25, 0.3) is 0 Å². The smallest absolute Gasteiger partial charge is 0.238 e. The summed E-state index contributed by atoms with van der Waals surface area (Å²) in [7, 11) is 0. The van der Waals surface area contributed by atoms with Crippen LogP contribution in [0.15, 0.2) is 35.1 Å². The standard InChI is InChI=1S/C12H10BrClN2O2/c13-10-11(14)15-7-16-12(10)18-9-4-2-1-3-8(9)5-6-17/h1-4,7,17H,5-6H2. The van der Waals surface area contributed by atoms with E-state index in [9.17, 15) is 0 Å². The fourth-order valence-corrected chi connectivity index (χ4v) is 1.85. The minimum atomic E-state index is 0.0616. The Morgan fingerprint density at radius 1 is 1.28 bits per heavy atom. The highest BCUT2D eigenvalue weighted by Gasteiger charge is 2.11. The Balaban J connectivity index is 2.31. The molecule has 2 aromatic rings. The average molecular weight is 330 g/mol. The molecule has 0 atom stereocenters. The maximum atomic E-state index is 9.00. The predicted molar refractivity (Wildman–Crippen MR) is 72.0 cm³/mol. The number of halogens is 2. The zero-order valence-corrected chi connectivity index (χ0v) is 11.6. The summed E-state index contributed by atoms with van der Waals surface area (Å²) < 4.78 is 6.19. The fraction of sp³-hybridized carbons (Fsp3) is 0.167. The molecule has 0 radical (unpaired) electrons. The zero-order valence-electron chi connectivity index (χ0n) is 9.31. The van der Waals surface area contributed by atoms with E-state index in [0.29, 0.717) is 27.7 Å². The van der Waals surface area contributed by atoms with Gasteiger partial charge in [-0.25, -0.2) is 9.97 Å². The summed E-state index contributed by atoms with van der Waals surface area (Å²) in [4.78, 5) is 7.84. The van der Waals surface area contributed by atoms with Crippen LogP contribution >= 0.6 is 27.5 Å². The number of rotatable bonds is 4. The summed E-state index contributed by atoms with van der Waals surface area (Å²) in [6, 6.07) is 7.45. The van der Waals surface area contributed by atoms with Crippen LogP contribution in [0.4, 0.5) is 0 Å². The highest BCUT2D eigenvalue weighted by atomic mass is 79.9. The Morgan fingerprint density at radius 3 is 2.83 bits per heavy atom. The number of benzene rings is 1. The molecular weight excluding hydrogens is 320 g/mol. The van der Waals surface area contributed by atoms with Gasteiger partial charge in [0.25, 0.3) is 0 Å². The Hall–Kier alpha value is -1.17. The lowest BCUT2D eigenvalue weighted by atomic mass is 10.1. The van der Waals surface area contributed by atoms with Gasteiger partial charge in [0, 0.05) is 6.61 Å². The second-order valence-corrected chi connectivity index (χ2v) is 4.62. The van der Waals surface area contributed by atoms with E-state index in [1.54, 1.807) is 0 Å². The largest absolute Gasteiger partial charge is 0.437 e. The highest BCUT2D eigenvalue weighted by Crippen LogP contribution is 2.32. The molecule has 2 rings (SSSR count). The van der Waals surface area contributed by atoms with Crippen LogP contribution in [0.2, 0.25) is 5.15 Å². The normalized spacial score (nSPS) is 10.4. The van der Waals surface area contributed by atoms with Crippen molar-refractivity contribution in [1.82, 2.24) is 9.97 Å². The number of ether oxygens (including phenoxy) is 1. The van der Waals surface area contributed by atoms with Crippen molar-refractivity contribution in [2.75, 3.05) is 6.61 Å². The van der Waals surface area contributed by atoms with Crippen LogP contribution in [-0.4, -0.2) is 21.7 Å². The van der Waals surface area contributed by atoms with Crippen molar-refractivity contribution in [3.8, 4) is 11.6 Å². The molecule has 0 amide bonds. The Bertz CT molecular complexity index is 551. The molecule has 0 spiro atoms. The first-order chi connectivity index (χ1) is 8.72. The third kappa shape index (κ3) is 2.98. The van der Waals surface area contributed by atoms with Gasteiger partial charge in [-0.05, 0) is 34.0 Å². The summed E-state index contributed by atoms with van der Waals surface area (Å²) in [5, 5.41) is 9.29. The van der Waals surface area contributed by atoms with Gasteiger partial charge in [-0.1, -0.05) is 29.8 Å². The SMILES string of the molecule is OCCc1ccccc1Oc1ncnc(Cl)c1Br. The second-order valence-electron chi connectivity index (χ2n) is 3.47. The van der Waals surface area contributed by atoms with E-state index in [4.69, 9.17) is 21.4 Å². The zero-order chi connectivity index (χ0) is 13.0. The van der Waals surface area contributed by atoms with Crippen molar-refractivity contribution in [3.63, 3.8) is 0 Å². The molecule has 0 fully saturated rings. The predicted octanol–water partition coefficient (Wildman–Crippen LogP) is 3.22. The molecule has 1 aromatic carbocycles. The summed E-state index contributed by atoms with van der Waals surface area (Å²) in [6.07, 6.45) is 1.85. The molecule has 6 heteroatoms. The summed E-state index contributed by atoms with van der Waals surface area (Å²) in [5.41, 5.74) is 0.904. The third-order valence-corrected chi connectivity index (χ3v) is 3.50. The minimum Gasteiger partial charge on any atom is -0.437 e. The highest BCUT2D eigenvalue weighted by molar-refractivity contribution is 9.10. The molecule has 1 N–H and O–H groups in total. The Kier molecular flexibility index (Phi) is 4.52. The minimum absolute atomic E-state index is 0.0616. The van der Waals surface area contributed by atoms with Crippen molar-refractivity contribution in [2.45, 2.75) is 6.42 Å². The van der Waals surface area contributed by atoms with Crippen molar-refractivity contribution < 1.29 is 9.84 Å². The maximum Gasteiger partial charge on any atom is 0.238 e. The second kappa shape index (κ2) is 6.13. The Labute approximate surface area is 118 Å². The van der Waals surface area contributed by atoms with Gasteiger partial charge in [0.2, 0.25) is 5.88 Å². The number of hydrogen-bond acceptors (Lipinski definition) is 4. The molecule has 0 aliphatic rings. The van der Waals surface area contributed by atoms with E-state index in [0.717, 1.165) is 5.56 Å². The van der Waals surface area contributed by atoms with Crippen LogP contribution in [0, 0.1) is 0 Å². The first-order valence-corrected chi connectivity index (χ1v) is 6.42. The molecule has 0 saturated heterocycles. The van der Waals surface area contributed by atoms with Gasteiger partial charge in [-0.3, -0.25) is 0 Å². The molecule has 4 nitrogen and oxygen atoms in total. The van der Waals surface area contributed by atoms with Crippen molar-refractivity contribution in [1.29, 1.82) is 0 Å². The number of aliphatic hydroxyl groups is 1. The summed E-state index contributed by atoms with van der Waals surface area (Å²) >= 11 is 9.13. The quantitative estimate of drug-likeness (QED) is 0.875. The van der Waals surface area contributed by atoms with Crippen molar-refractivity contribution >= 4 is 27.5 Å². The molecular formula is C12H10BrClN2O2. The molecule has 0 bridgehead atoms. The summed E-state index contributed by atoms with van der Waals surface area (Å²) in [5.74, 6) is 0.988. The number of nitrogens with zero attached hydrogens (tertiary/aromatic N) is 2. The van der Waals surface area contributed by atoms with Gasteiger partial charge in [0.05, 0.1) is 0 Å². The lowest BCUT2D eigenvalue weighted by molar-refractivity contribution is 0.297. The van der Waals surface area contributed by atoms with Crippen molar-refractivity contribution in [3.05, 3.63) is 45.8 Å². The maximum absolute atomic E-state index is 9.00. The molecule has 1 heterocycles. The van der Waals surface area contributed by atoms with E-state index in [2.05, 4.69) is 25.9 Å². The van der Waals surface area contributed by atoms with Gasteiger partial charge >= 0.3 is 0 Å². The van der Waals surface area contributed by atoms with Gasteiger partial charge in [0.15, 0.2) is 5.15 Å². The van der Waals surface area contributed by atoms with Crippen molar-refractivity contribution in [2.24, 2.45) is 0 Å². The van der Waals surface area contributed by atoms with Crippen LogP contribution in [0.3, 0.4) is 0 Å². The van der Waals surface area contributed by atoms with Gasteiger partial charge in [-0.2, -0.15) is 0 Å². The molecule has 0 aliphatic heterocycles. The molecule has 1 aromatic heterocycles. The lowest BCUT2D eigenvalue weighted by Crippen LogP contribution is -1.97. The fourth-order valence-electron chi connectivity index (χ4n) is 1.44. The number of para-hydroxylation sites is 1. The van der Waals surface area contributed by atoms with E-state index in [-0.39, 0.29) is 6.61 Å². The Morgan fingerprint density at radius 2 is 2.06 bits per heavy atom. The van der Waals surface area contributed by atoms with Crippen LogP contribution in [0.1, 0.15) is 5.56 Å². The molecule has 18 heavy (non-hydrogen) atoms. The number of aromatic nitrogens is 2. The number of aliphatic hydroxyl groups excluding tert-OH is 1. The first kappa shape index (κ1) is 13.3. The van der Waals surface area contributed by atoms with E-state index in [1.807, 2.05) is 24.3 Å². The third-order valence-electron chi connectivity index (χ3n) is 2.28. The topological polar surface area (TPSA) is 55.2 Å². The van der Waals surface area contributed by atoms with Crippen LogP contribution < -0.4 is 4.74 Å². The van der Waals surface area contributed by atoms with E-state index in [1.165, 1.54) is 6.33 Å². The average Bonchev–Trinajstić information content (AvgIpc) is 2.37. The van der Waals surface area contributed by atoms with E-state index >= 15 is 0 Å². The first-order valence-electron chi connectivity index (χ1n) is 5.25. The molecule has 0 saturated carbocycles. The van der Waals surface area contributed by atoms with Crippen LogP contribution in [0.5, 0.6) is 11.6 Å². The van der Waals surface area contributed by atoms with E-state index < -0.39 is 0 Å². The monoisotopic (exact) mass is 328 g/mol. The molecule has 0 aliphatic carbocycles. The molecule has 94 valence electrons. The summed E-state index contributed by atoms with van der Waals surface area (Å²) in [6.45, 7) is 0.0616. The number of hydrogen-bond donors (Lipinski definition) is 1. The van der Waals surface area contributed by atoms with Gasteiger partial charge in [0.1, 0.15) is 16.5 Å². The van der Waals surface area contributed by atoms with Crippen LogP contribution in [-0.2, 0) is 6.42 Å². The molecule has 0 unspecified atom stereocenters.